The van der Waals surface area contributed by atoms with E-state index in [-0.39, 0.29) is 24.2 Å². The lowest BCUT2D eigenvalue weighted by atomic mass is 10.0. The van der Waals surface area contributed by atoms with E-state index in [4.69, 9.17) is 9.47 Å². The first-order valence-corrected chi connectivity index (χ1v) is 5.77. The van der Waals surface area contributed by atoms with E-state index in [2.05, 4.69) is 5.32 Å². The van der Waals surface area contributed by atoms with E-state index >= 15 is 0 Å². The average molecular weight is 267 g/mol. The van der Waals surface area contributed by atoms with Gasteiger partial charge in [-0.25, -0.2) is 0 Å². The monoisotopic (exact) mass is 266 g/mol. The van der Waals surface area contributed by atoms with E-state index in [1.54, 1.807) is 14.2 Å². The number of carbonyl (C=O) groups is 1. The Morgan fingerprint density at radius 2 is 1.88 bits per heavy atom. The molecule has 0 aromatic carbocycles. The van der Waals surface area contributed by atoms with Crippen LogP contribution in [0.3, 0.4) is 0 Å². The lowest BCUT2D eigenvalue weighted by molar-refractivity contribution is -0.137. The number of nitrogens with one attached hydrogen (secondary N) is 1. The first-order valence-electron chi connectivity index (χ1n) is 5.77. The molecule has 5 nitrogen and oxygen atoms in total. The number of ether oxygens (including phenoxy) is 2. The third-order valence-corrected chi connectivity index (χ3v) is 2.78. The molecule has 0 radical (unpaired) electrons. The molecule has 0 atom stereocenters. The molecule has 0 saturated carbocycles. The fourth-order valence-corrected chi connectivity index (χ4v) is 1.65. The van der Waals surface area contributed by atoms with Gasteiger partial charge in [-0.3, -0.25) is 4.79 Å². The maximum atomic E-state index is 12.0. The summed E-state index contributed by atoms with van der Waals surface area (Å²) in [6.45, 7) is 4.35. The van der Waals surface area contributed by atoms with E-state index in [0.717, 1.165) is 26.1 Å². The summed E-state index contributed by atoms with van der Waals surface area (Å²) >= 11 is 0. The molecule has 0 aliphatic carbocycles. The van der Waals surface area contributed by atoms with Crippen molar-refractivity contribution < 1.29 is 14.3 Å². The van der Waals surface area contributed by atoms with Gasteiger partial charge in [0, 0.05) is 47.0 Å². The van der Waals surface area contributed by atoms with E-state index in [0.29, 0.717) is 19.8 Å². The molecule has 1 rings (SSSR count). The SMILES string of the molecule is COCCCN(CCOC)C(=O)C1CNC1.Cl. The molecule has 0 unspecified atom stereocenters. The number of methoxy groups -OCH3 is 2. The fourth-order valence-electron chi connectivity index (χ4n) is 1.65. The van der Waals surface area contributed by atoms with Crippen LogP contribution in [-0.4, -0.2) is 64.4 Å². The molecule has 0 spiro atoms. The van der Waals surface area contributed by atoms with Crippen molar-refractivity contribution in [3.8, 4) is 0 Å². The van der Waals surface area contributed by atoms with Gasteiger partial charge in [0.2, 0.25) is 5.91 Å². The normalized spacial score (nSPS) is 14.9. The molecule has 1 saturated heterocycles. The summed E-state index contributed by atoms with van der Waals surface area (Å²) in [4.78, 5) is 13.9. The molecule has 6 heteroatoms. The van der Waals surface area contributed by atoms with Crippen LogP contribution in [0.15, 0.2) is 0 Å². The highest BCUT2D eigenvalue weighted by molar-refractivity contribution is 5.85. The molecule has 102 valence electrons. The largest absolute Gasteiger partial charge is 0.385 e. The lowest BCUT2D eigenvalue weighted by Gasteiger charge is -2.32. The molecule has 1 N–H and O–H groups in total. The second-order valence-corrected chi connectivity index (χ2v) is 4.02. The van der Waals surface area contributed by atoms with Crippen LogP contribution < -0.4 is 5.32 Å². The maximum Gasteiger partial charge on any atom is 0.228 e. The number of nitrogens with zero attached hydrogens (tertiary/aromatic N) is 1. The van der Waals surface area contributed by atoms with Crippen LogP contribution in [0.5, 0.6) is 0 Å². The fraction of sp³-hybridized carbons (Fsp3) is 0.909. The molecule has 17 heavy (non-hydrogen) atoms. The predicted molar refractivity (Wildman–Crippen MR) is 68.6 cm³/mol. The summed E-state index contributed by atoms with van der Waals surface area (Å²) < 4.78 is 10.0. The number of amides is 1. The van der Waals surface area contributed by atoms with E-state index in [1.165, 1.54) is 0 Å². The van der Waals surface area contributed by atoms with Crippen LogP contribution in [-0.2, 0) is 14.3 Å². The standard InChI is InChI=1S/C11H22N2O3.ClH/c1-15-6-3-4-13(5-7-16-2)11(14)10-8-12-9-10;/h10,12H,3-9H2,1-2H3;1H. The van der Waals surface area contributed by atoms with Gasteiger partial charge in [-0.05, 0) is 6.42 Å². The molecule has 1 heterocycles. The topological polar surface area (TPSA) is 50.8 Å². The molecule has 1 aliphatic rings. The zero-order valence-corrected chi connectivity index (χ0v) is 11.4. The van der Waals surface area contributed by atoms with Crippen LogP contribution >= 0.6 is 12.4 Å². The minimum atomic E-state index is 0. The zero-order chi connectivity index (χ0) is 11.8. The molecular formula is C11H23ClN2O3. The van der Waals surface area contributed by atoms with Gasteiger partial charge in [0.25, 0.3) is 0 Å². The Hall–Kier alpha value is -0.360. The van der Waals surface area contributed by atoms with Gasteiger partial charge in [-0.1, -0.05) is 0 Å². The molecular weight excluding hydrogens is 244 g/mol. The summed E-state index contributed by atoms with van der Waals surface area (Å²) in [5.74, 6) is 0.409. The minimum absolute atomic E-state index is 0. The van der Waals surface area contributed by atoms with Crippen molar-refractivity contribution in [2.45, 2.75) is 6.42 Å². The van der Waals surface area contributed by atoms with Gasteiger partial charge in [0.05, 0.1) is 12.5 Å². The van der Waals surface area contributed by atoms with Crippen LogP contribution in [0.2, 0.25) is 0 Å². The summed E-state index contributed by atoms with van der Waals surface area (Å²) in [5, 5.41) is 3.12. The quantitative estimate of drug-likeness (QED) is 0.635. The molecule has 0 aromatic rings. The van der Waals surface area contributed by atoms with Crippen molar-refractivity contribution in [3.05, 3.63) is 0 Å². The minimum Gasteiger partial charge on any atom is -0.385 e. The number of carbonyl (C=O) groups excluding carboxylic acids is 1. The Bertz CT molecular complexity index is 213. The molecule has 1 fully saturated rings. The van der Waals surface area contributed by atoms with Gasteiger partial charge >= 0.3 is 0 Å². The zero-order valence-electron chi connectivity index (χ0n) is 10.6. The first-order chi connectivity index (χ1) is 7.79. The van der Waals surface area contributed by atoms with Crippen molar-refractivity contribution in [3.63, 3.8) is 0 Å². The van der Waals surface area contributed by atoms with Crippen molar-refractivity contribution >= 4 is 18.3 Å². The summed E-state index contributed by atoms with van der Waals surface area (Å²) in [7, 11) is 3.33. The van der Waals surface area contributed by atoms with Crippen LogP contribution in [0.25, 0.3) is 0 Å². The van der Waals surface area contributed by atoms with E-state index in [9.17, 15) is 4.79 Å². The second-order valence-electron chi connectivity index (χ2n) is 4.02. The van der Waals surface area contributed by atoms with Crippen LogP contribution in [0.4, 0.5) is 0 Å². The third kappa shape index (κ3) is 5.68. The van der Waals surface area contributed by atoms with Gasteiger partial charge in [-0.2, -0.15) is 0 Å². The second kappa shape index (κ2) is 9.65. The Balaban J connectivity index is 0.00000256. The van der Waals surface area contributed by atoms with Gasteiger partial charge in [0.1, 0.15) is 0 Å². The number of rotatable bonds is 8. The smallest absolute Gasteiger partial charge is 0.228 e. The molecule has 0 aromatic heterocycles. The van der Waals surface area contributed by atoms with Crippen LogP contribution in [0, 0.1) is 5.92 Å². The first kappa shape index (κ1) is 16.6. The summed E-state index contributed by atoms with van der Waals surface area (Å²) in [6.07, 6.45) is 0.881. The van der Waals surface area contributed by atoms with E-state index < -0.39 is 0 Å². The molecule has 1 amide bonds. The van der Waals surface area contributed by atoms with Gasteiger partial charge in [0.15, 0.2) is 0 Å². The van der Waals surface area contributed by atoms with Gasteiger partial charge in [-0.15, -0.1) is 12.4 Å². The highest BCUT2D eigenvalue weighted by Gasteiger charge is 2.28. The summed E-state index contributed by atoms with van der Waals surface area (Å²) in [6, 6.07) is 0. The van der Waals surface area contributed by atoms with E-state index in [1.807, 2.05) is 4.90 Å². The Kier molecular flexibility index (Phi) is 9.44. The Labute approximate surface area is 109 Å². The Morgan fingerprint density at radius 1 is 1.24 bits per heavy atom. The highest BCUT2D eigenvalue weighted by atomic mass is 35.5. The van der Waals surface area contributed by atoms with Crippen molar-refractivity contribution in [2.24, 2.45) is 5.92 Å². The number of hydrogen-bond acceptors (Lipinski definition) is 4. The number of halogens is 1. The average Bonchev–Trinajstić information content (AvgIpc) is 2.20. The van der Waals surface area contributed by atoms with Crippen LogP contribution in [0.1, 0.15) is 6.42 Å². The Morgan fingerprint density at radius 3 is 2.35 bits per heavy atom. The van der Waals surface area contributed by atoms with Crippen molar-refractivity contribution in [1.29, 1.82) is 0 Å². The van der Waals surface area contributed by atoms with Crippen molar-refractivity contribution in [2.75, 3.05) is 53.6 Å². The van der Waals surface area contributed by atoms with Gasteiger partial charge < -0.3 is 19.7 Å². The molecule has 0 bridgehead atoms. The highest BCUT2D eigenvalue weighted by Crippen LogP contribution is 2.08. The third-order valence-electron chi connectivity index (χ3n) is 2.78. The summed E-state index contributed by atoms with van der Waals surface area (Å²) in [5.41, 5.74) is 0. The number of hydrogen-bond donors (Lipinski definition) is 1. The molecule has 1 aliphatic heterocycles. The lowest BCUT2D eigenvalue weighted by Crippen LogP contribution is -2.52. The van der Waals surface area contributed by atoms with Crippen molar-refractivity contribution in [1.82, 2.24) is 10.2 Å². The maximum absolute atomic E-state index is 12.0. The predicted octanol–water partition coefficient (Wildman–Crippen LogP) is 0.139.